The van der Waals surface area contributed by atoms with Gasteiger partial charge in [0.1, 0.15) is 0 Å². The summed E-state index contributed by atoms with van der Waals surface area (Å²) in [6, 6.07) is 0.736. The van der Waals surface area contributed by atoms with Gasteiger partial charge in [-0.15, -0.1) is 0 Å². The largest absolute Gasteiger partial charge is 0.469 e. The van der Waals surface area contributed by atoms with E-state index < -0.39 is 0 Å². The molecule has 0 amide bonds. The fraction of sp³-hybridized carbons (Fsp3) is 0.966. The van der Waals surface area contributed by atoms with Gasteiger partial charge >= 0.3 is 5.97 Å². The van der Waals surface area contributed by atoms with Crippen molar-refractivity contribution < 1.29 is 9.53 Å². The molecule has 1 N–H and O–H groups in total. The third-order valence-electron chi connectivity index (χ3n) is 11.4. The topological polar surface area (TPSA) is 41.6 Å². The molecule has 4 heteroatoms. The summed E-state index contributed by atoms with van der Waals surface area (Å²) in [7, 11) is 5.86. The number of ether oxygens (including phenoxy) is 1. The third-order valence-corrected chi connectivity index (χ3v) is 11.4. The molecular weight excluding hydrogens is 408 g/mol. The van der Waals surface area contributed by atoms with E-state index in [0.29, 0.717) is 23.2 Å². The molecule has 4 nitrogen and oxygen atoms in total. The van der Waals surface area contributed by atoms with Crippen LogP contribution in [-0.4, -0.2) is 51.2 Å². The van der Waals surface area contributed by atoms with Gasteiger partial charge in [0.15, 0.2) is 0 Å². The van der Waals surface area contributed by atoms with Crippen LogP contribution in [0.15, 0.2) is 0 Å². The minimum absolute atomic E-state index is 0.0386. The number of nitrogens with zero attached hydrogens (tertiary/aromatic N) is 1. The van der Waals surface area contributed by atoms with Crippen LogP contribution in [0.25, 0.3) is 0 Å². The normalized spacial score (nSPS) is 43.5. The summed E-state index contributed by atoms with van der Waals surface area (Å²) in [5.74, 6) is 5.10. The molecule has 190 valence electrons. The summed E-state index contributed by atoms with van der Waals surface area (Å²) in [4.78, 5) is 14.0. The van der Waals surface area contributed by atoms with Crippen LogP contribution in [0.5, 0.6) is 0 Å². The van der Waals surface area contributed by atoms with Crippen LogP contribution in [-0.2, 0) is 9.53 Å². The summed E-state index contributed by atoms with van der Waals surface area (Å²) in [6.45, 7) is 10.0. The zero-order valence-corrected chi connectivity index (χ0v) is 22.5. The molecule has 0 aromatic heterocycles. The molecule has 0 heterocycles. The first-order valence-corrected chi connectivity index (χ1v) is 14.1. The predicted molar refractivity (Wildman–Crippen MR) is 136 cm³/mol. The van der Waals surface area contributed by atoms with Crippen molar-refractivity contribution in [2.75, 3.05) is 34.3 Å². The lowest BCUT2D eigenvalue weighted by Gasteiger charge is -2.61. The highest BCUT2D eigenvalue weighted by Crippen LogP contribution is 2.68. The zero-order valence-electron chi connectivity index (χ0n) is 22.5. The summed E-state index contributed by atoms with van der Waals surface area (Å²) in [6.07, 6.45) is 14.4. The number of esters is 1. The lowest BCUT2D eigenvalue weighted by molar-refractivity contribution is -0.141. The van der Waals surface area contributed by atoms with Crippen molar-refractivity contribution in [1.82, 2.24) is 10.2 Å². The van der Waals surface area contributed by atoms with Crippen LogP contribution in [0.2, 0.25) is 0 Å². The highest BCUT2D eigenvalue weighted by atomic mass is 16.5. The van der Waals surface area contributed by atoms with Gasteiger partial charge in [-0.05, 0) is 125 Å². The minimum Gasteiger partial charge on any atom is -0.469 e. The SMILES string of the molecule is COC(=O)CC[C@@H](C)C1CCC2C3CC[C@@H]4C[C@H](NCCN(C)C)CC[C@]4(C)C3CC[C@@]21C. The molecule has 4 unspecified atom stereocenters. The Balaban J connectivity index is 1.39. The number of likely N-dealkylation sites (N-methyl/N-ethyl adjacent to an activating group) is 1. The molecule has 4 aliphatic carbocycles. The van der Waals surface area contributed by atoms with Crippen molar-refractivity contribution in [1.29, 1.82) is 0 Å². The van der Waals surface area contributed by atoms with Crippen LogP contribution in [0.4, 0.5) is 0 Å². The summed E-state index contributed by atoms with van der Waals surface area (Å²) in [5, 5.41) is 3.89. The average Bonchev–Trinajstić information content (AvgIpc) is 3.14. The molecule has 0 bridgehead atoms. The Kier molecular flexibility index (Phi) is 7.85. The molecule has 0 aliphatic heterocycles. The Labute approximate surface area is 204 Å². The maximum absolute atomic E-state index is 11.7. The van der Waals surface area contributed by atoms with E-state index in [1.54, 1.807) is 0 Å². The van der Waals surface area contributed by atoms with Gasteiger partial charge < -0.3 is 15.0 Å². The van der Waals surface area contributed by atoms with Gasteiger partial charge in [-0.3, -0.25) is 4.79 Å². The van der Waals surface area contributed by atoms with E-state index in [-0.39, 0.29) is 5.97 Å². The van der Waals surface area contributed by atoms with E-state index in [4.69, 9.17) is 4.74 Å². The minimum atomic E-state index is -0.0386. The van der Waals surface area contributed by atoms with Crippen LogP contribution < -0.4 is 5.32 Å². The second-order valence-corrected chi connectivity index (χ2v) is 13.2. The fourth-order valence-corrected chi connectivity index (χ4v) is 9.56. The molecule has 0 aromatic rings. The Morgan fingerprint density at radius 2 is 1.76 bits per heavy atom. The molecule has 4 fully saturated rings. The van der Waals surface area contributed by atoms with E-state index in [9.17, 15) is 4.79 Å². The first kappa shape index (κ1) is 25.5. The molecule has 0 saturated heterocycles. The number of fused-ring (bicyclic) bond motifs is 5. The van der Waals surface area contributed by atoms with Gasteiger partial charge in [-0.2, -0.15) is 0 Å². The third kappa shape index (κ3) is 4.90. The summed E-state index contributed by atoms with van der Waals surface area (Å²) in [5.41, 5.74) is 1.06. The highest BCUT2D eigenvalue weighted by molar-refractivity contribution is 5.69. The molecule has 4 aliphatic rings. The van der Waals surface area contributed by atoms with Crippen molar-refractivity contribution in [2.24, 2.45) is 46.3 Å². The number of methoxy groups -OCH3 is 1. The standard InChI is InChI=1S/C29H52N2O2/c1-20(7-12-27(32)33-6)24-10-11-25-23-9-8-21-19-22(30-17-18-31(4)5)13-15-28(21,2)26(23)14-16-29(24,25)3/h20-26,30H,7-19H2,1-6H3/t20-,21-,22-,23?,24?,25?,26?,28+,29-/m1/s1. The van der Waals surface area contributed by atoms with Crippen molar-refractivity contribution >= 4 is 5.97 Å². The first-order valence-electron chi connectivity index (χ1n) is 14.1. The van der Waals surface area contributed by atoms with Gasteiger partial charge in [-0.25, -0.2) is 0 Å². The second-order valence-electron chi connectivity index (χ2n) is 13.2. The number of hydrogen-bond donors (Lipinski definition) is 1. The van der Waals surface area contributed by atoms with E-state index >= 15 is 0 Å². The fourth-order valence-electron chi connectivity index (χ4n) is 9.56. The molecule has 4 rings (SSSR count). The van der Waals surface area contributed by atoms with E-state index in [0.717, 1.165) is 55.1 Å². The summed E-state index contributed by atoms with van der Waals surface area (Å²) < 4.78 is 4.92. The smallest absolute Gasteiger partial charge is 0.305 e. The molecule has 0 spiro atoms. The van der Waals surface area contributed by atoms with Gasteiger partial charge in [0.25, 0.3) is 0 Å². The Morgan fingerprint density at radius 3 is 2.48 bits per heavy atom. The van der Waals surface area contributed by atoms with Crippen molar-refractivity contribution in [3.63, 3.8) is 0 Å². The predicted octanol–water partition coefficient (Wildman–Crippen LogP) is 5.75. The molecule has 33 heavy (non-hydrogen) atoms. The Morgan fingerprint density at radius 1 is 1.03 bits per heavy atom. The van der Waals surface area contributed by atoms with Crippen LogP contribution >= 0.6 is 0 Å². The lowest BCUT2D eigenvalue weighted by Crippen LogP contribution is -2.55. The van der Waals surface area contributed by atoms with E-state index in [2.05, 4.69) is 45.1 Å². The molecule has 0 aromatic carbocycles. The van der Waals surface area contributed by atoms with Crippen molar-refractivity contribution in [3.05, 3.63) is 0 Å². The van der Waals surface area contributed by atoms with E-state index in [1.165, 1.54) is 64.9 Å². The van der Waals surface area contributed by atoms with Crippen molar-refractivity contribution in [3.8, 4) is 0 Å². The van der Waals surface area contributed by atoms with Gasteiger partial charge in [0, 0.05) is 25.6 Å². The number of carbonyl (C=O) groups excluding carboxylic acids is 1. The quantitative estimate of drug-likeness (QED) is 0.468. The van der Waals surface area contributed by atoms with E-state index in [1.807, 2.05) is 0 Å². The lowest BCUT2D eigenvalue weighted by atomic mass is 9.44. The Bertz CT molecular complexity index is 681. The van der Waals surface area contributed by atoms with Crippen LogP contribution in [0.1, 0.15) is 91.4 Å². The van der Waals surface area contributed by atoms with Crippen LogP contribution in [0.3, 0.4) is 0 Å². The monoisotopic (exact) mass is 460 g/mol. The number of rotatable bonds is 8. The van der Waals surface area contributed by atoms with Gasteiger partial charge in [0.2, 0.25) is 0 Å². The number of carbonyl (C=O) groups is 1. The molecular formula is C29H52N2O2. The Hall–Kier alpha value is -0.610. The molecule has 0 radical (unpaired) electrons. The first-order chi connectivity index (χ1) is 15.7. The average molecular weight is 461 g/mol. The summed E-state index contributed by atoms with van der Waals surface area (Å²) >= 11 is 0. The second kappa shape index (κ2) is 10.2. The number of hydrogen-bond acceptors (Lipinski definition) is 4. The zero-order chi connectivity index (χ0) is 23.8. The van der Waals surface area contributed by atoms with Crippen molar-refractivity contribution in [2.45, 2.75) is 97.4 Å². The van der Waals surface area contributed by atoms with Crippen LogP contribution in [0, 0.1) is 46.3 Å². The maximum Gasteiger partial charge on any atom is 0.305 e. The number of nitrogens with one attached hydrogen (secondary N) is 1. The molecule has 4 saturated carbocycles. The van der Waals surface area contributed by atoms with Gasteiger partial charge in [-0.1, -0.05) is 20.8 Å². The highest BCUT2D eigenvalue weighted by Gasteiger charge is 2.60. The van der Waals surface area contributed by atoms with Gasteiger partial charge in [0.05, 0.1) is 7.11 Å². The molecule has 9 atom stereocenters. The maximum atomic E-state index is 11.7.